The Morgan fingerprint density at radius 1 is 1.50 bits per heavy atom. The number of Topliss-reactive ketones (excluding diaryl/α,β-unsaturated/α-hetero) is 1. The summed E-state index contributed by atoms with van der Waals surface area (Å²) in [7, 11) is 0. The molecule has 1 aromatic carbocycles. The molecule has 0 amide bonds. The quantitative estimate of drug-likeness (QED) is 0.365. The van der Waals surface area contributed by atoms with Gasteiger partial charge in [-0.15, -0.1) is 0 Å². The first-order valence-electron chi connectivity index (χ1n) is 3.89. The Labute approximate surface area is 94.6 Å². The Kier molecular flexibility index (Phi) is 3.20. The van der Waals surface area contributed by atoms with Crippen LogP contribution in [0.25, 0.3) is 0 Å². The molecule has 0 spiro atoms. The normalized spacial score (nSPS) is 9.93. The number of carbonyl (C=O) groups is 1. The maximum absolute atomic E-state index is 11.1. The van der Waals surface area contributed by atoms with Gasteiger partial charge in [0.25, 0.3) is 5.69 Å². The molecule has 0 radical (unpaired) electrons. The molecule has 0 saturated carbocycles. The van der Waals surface area contributed by atoms with Crippen LogP contribution in [0, 0.1) is 20.6 Å². The summed E-state index contributed by atoms with van der Waals surface area (Å²) in [5.41, 5.74) is 1.13. The van der Waals surface area contributed by atoms with E-state index < -0.39 is 4.92 Å². The maximum Gasteiger partial charge on any atom is 0.283 e. The first kappa shape index (κ1) is 11.1. The van der Waals surface area contributed by atoms with Crippen LogP contribution in [0.15, 0.2) is 12.1 Å². The van der Waals surface area contributed by atoms with Crippen LogP contribution in [0.1, 0.15) is 22.8 Å². The predicted octanol–water partition coefficient (Wildman–Crippen LogP) is 2.71. The third-order valence-corrected chi connectivity index (χ3v) is 3.24. The van der Waals surface area contributed by atoms with Crippen molar-refractivity contribution in [3.63, 3.8) is 0 Å². The molecule has 0 heterocycles. The van der Waals surface area contributed by atoms with Crippen LogP contribution in [-0.2, 0) is 0 Å². The van der Waals surface area contributed by atoms with Gasteiger partial charge in [0.1, 0.15) is 0 Å². The van der Waals surface area contributed by atoms with Crippen LogP contribution in [0.4, 0.5) is 5.69 Å². The lowest BCUT2D eigenvalue weighted by Gasteiger charge is -2.02. The number of halogens is 1. The number of carbonyl (C=O) groups excluding carboxylic acids is 1. The van der Waals surface area contributed by atoms with Crippen LogP contribution < -0.4 is 0 Å². The number of rotatable bonds is 2. The average molecular weight is 305 g/mol. The molecule has 0 unspecified atom stereocenters. The topological polar surface area (TPSA) is 60.2 Å². The molecule has 0 aliphatic rings. The summed E-state index contributed by atoms with van der Waals surface area (Å²) in [6, 6.07) is 2.98. The highest BCUT2D eigenvalue weighted by atomic mass is 127. The van der Waals surface area contributed by atoms with Crippen molar-refractivity contribution in [3.8, 4) is 0 Å². The lowest BCUT2D eigenvalue weighted by atomic mass is 10.1. The largest absolute Gasteiger partial charge is 0.295 e. The SMILES string of the molecule is CC(=O)c1cc(C)c(I)c([N+](=O)[O-])c1. The molecule has 14 heavy (non-hydrogen) atoms. The zero-order chi connectivity index (χ0) is 10.9. The number of benzene rings is 1. The predicted molar refractivity (Wildman–Crippen MR) is 60.6 cm³/mol. The maximum atomic E-state index is 11.1. The summed E-state index contributed by atoms with van der Waals surface area (Å²) in [6.07, 6.45) is 0. The third-order valence-electron chi connectivity index (χ3n) is 1.84. The molecule has 1 aromatic rings. The van der Waals surface area contributed by atoms with Crippen molar-refractivity contribution in [2.45, 2.75) is 13.8 Å². The van der Waals surface area contributed by atoms with E-state index in [4.69, 9.17) is 0 Å². The molecule has 0 fully saturated rings. The molecule has 0 saturated heterocycles. The Morgan fingerprint density at radius 2 is 2.07 bits per heavy atom. The highest BCUT2D eigenvalue weighted by Crippen LogP contribution is 2.25. The highest BCUT2D eigenvalue weighted by molar-refractivity contribution is 14.1. The molecule has 5 heteroatoms. The standard InChI is InChI=1S/C9H8INO3/c1-5-3-7(6(2)12)4-8(9(5)10)11(13)14/h3-4H,1-2H3. The van der Waals surface area contributed by atoms with Gasteiger partial charge in [-0.2, -0.15) is 0 Å². The van der Waals surface area contributed by atoms with Crippen molar-refractivity contribution in [2.24, 2.45) is 0 Å². The van der Waals surface area contributed by atoms with Gasteiger partial charge in [0.15, 0.2) is 5.78 Å². The first-order chi connectivity index (χ1) is 6.43. The van der Waals surface area contributed by atoms with Gasteiger partial charge >= 0.3 is 0 Å². The summed E-state index contributed by atoms with van der Waals surface area (Å²) < 4.78 is 0.581. The molecule has 0 bridgehead atoms. The van der Waals surface area contributed by atoms with Crippen LogP contribution >= 0.6 is 22.6 Å². The molecule has 0 aliphatic heterocycles. The van der Waals surface area contributed by atoms with Gasteiger partial charge in [-0.25, -0.2) is 0 Å². The van der Waals surface area contributed by atoms with Crippen molar-refractivity contribution >= 4 is 34.1 Å². The molecule has 1 rings (SSSR count). The number of nitro groups is 1. The summed E-state index contributed by atoms with van der Waals surface area (Å²) in [5, 5.41) is 10.6. The van der Waals surface area contributed by atoms with Gasteiger partial charge in [0.2, 0.25) is 0 Å². The molecule has 74 valence electrons. The third kappa shape index (κ3) is 2.09. The summed E-state index contributed by atoms with van der Waals surface area (Å²) in [6.45, 7) is 3.15. The second-order valence-electron chi connectivity index (χ2n) is 2.94. The van der Waals surface area contributed by atoms with Crippen LogP contribution in [-0.4, -0.2) is 10.7 Å². The zero-order valence-electron chi connectivity index (χ0n) is 7.70. The molecular weight excluding hydrogens is 297 g/mol. The second kappa shape index (κ2) is 4.04. The Bertz CT molecular complexity index is 415. The second-order valence-corrected chi connectivity index (χ2v) is 4.02. The summed E-state index contributed by atoms with van der Waals surface area (Å²) >= 11 is 1.91. The summed E-state index contributed by atoms with van der Waals surface area (Å²) in [5.74, 6) is -0.160. The van der Waals surface area contributed by atoms with Crippen LogP contribution in [0.2, 0.25) is 0 Å². The fourth-order valence-electron chi connectivity index (χ4n) is 1.09. The van der Waals surface area contributed by atoms with E-state index in [9.17, 15) is 14.9 Å². The molecule has 0 N–H and O–H groups in total. The zero-order valence-corrected chi connectivity index (χ0v) is 9.86. The monoisotopic (exact) mass is 305 g/mol. The number of hydrogen-bond donors (Lipinski definition) is 0. The minimum Gasteiger partial charge on any atom is -0.295 e. The van der Waals surface area contributed by atoms with E-state index in [-0.39, 0.29) is 11.5 Å². The van der Waals surface area contributed by atoms with Crippen LogP contribution in [0.3, 0.4) is 0 Å². The van der Waals surface area contributed by atoms with Crippen molar-refractivity contribution < 1.29 is 9.72 Å². The summed E-state index contributed by atoms with van der Waals surface area (Å²) in [4.78, 5) is 21.2. The molecule has 4 nitrogen and oxygen atoms in total. The van der Waals surface area contributed by atoms with Crippen LogP contribution in [0.5, 0.6) is 0 Å². The van der Waals surface area contributed by atoms with E-state index in [1.165, 1.54) is 13.0 Å². The Hall–Kier alpha value is -0.980. The number of nitrogens with zero attached hydrogens (tertiary/aromatic N) is 1. The van der Waals surface area contributed by atoms with E-state index in [1.54, 1.807) is 13.0 Å². The van der Waals surface area contributed by atoms with Crippen molar-refractivity contribution in [1.82, 2.24) is 0 Å². The first-order valence-corrected chi connectivity index (χ1v) is 4.97. The molecular formula is C9H8INO3. The lowest BCUT2D eigenvalue weighted by molar-refractivity contribution is -0.385. The molecule has 0 aliphatic carbocycles. The van der Waals surface area contributed by atoms with Gasteiger partial charge in [-0.1, -0.05) is 0 Å². The Balaban J connectivity index is 3.43. The molecule has 0 atom stereocenters. The van der Waals surface area contributed by atoms with Crippen molar-refractivity contribution in [2.75, 3.05) is 0 Å². The lowest BCUT2D eigenvalue weighted by Crippen LogP contribution is -1.99. The minimum absolute atomic E-state index is 0.00389. The van der Waals surface area contributed by atoms with E-state index >= 15 is 0 Å². The fourth-order valence-corrected chi connectivity index (χ4v) is 1.60. The van der Waals surface area contributed by atoms with Gasteiger partial charge in [0.05, 0.1) is 8.49 Å². The Morgan fingerprint density at radius 3 is 2.50 bits per heavy atom. The van der Waals surface area contributed by atoms with E-state index in [0.29, 0.717) is 9.13 Å². The average Bonchev–Trinajstić information content (AvgIpc) is 2.08. The van der Waals surface area contributed by atoms with Gasteiger partial charge in [0, 0.05) is 11.6 Å². The van der Waals surface area contributed by atoms with Gasteiger partial charge in [-0.05, 0) is 48.1 Å². The number of nitro benzene ring substituents is 1. The highest BCUT2D eigenvalue weighted by Gasteiger charge is 2.16. The number of hydrogen-bond acceptors (Lipinski definition) is 3. The van der Waals surface area contributed by atoms with Gasteiger partial charge < -0.3 is 0 Å². The minimum atomic E-state index is -0.471. The van der Waals surface area contributed by atoms with Crippen molar-refractivity contribution in [1.29, 1.82) is 0 Å². The van der Waals surface area contributed by atoms with Crippen molar-refractivity contribution in [3.05, 3.63) is 36.9 Å². The van der Waals surface area contributed by atoms with E-state index in [1.807, 2.05) is 22.6 Å². The number of ketones is 1. The van der Waals surface area contributed by atoms with E-state index in [0.717, 1.165) is 5.56 Å². The molecule has 0 aromatic heterocycles. The fraction of sp³-hybridized carbons (Fsp3) is 0.222. The smallest absolute Gasteiger partial charge is 0.283 e. The number of aryl methyl sites for hydroxylation is 1. The van der Waals surface area contributed by atoms with Gasteiger partial charge in [-0.3, -0.25) is 14.9 Å². The van der Waals surface area contributed by atoms with E-state index in [2.05, 4.69) is 0 Å².